The summed E-state index contributed by atoms with van der Waals surface area (Å²) in [6.45, 7) is 5.78. The smallest absolute Gasteiger partial charge is 0.285 e. The standard InChI is InChI=1S/C23H26ClN3O4S2/c1-3-26(4-2)17-7-9-18(10-8-17)27-20-14-33(29,30)15-21(20)32-23(27)25-22(28)13-31-19-11-5-16(24)6-12-19/h5-12,20-21H,3-4,13-15H2,1-2H3/t20-,21-/m0/s1. The largest absolute Gasteiger partial charge is 0.484 e. The van der Waals surface area contributed by atoms with E-state index in [0.29, 0.717) is 15.9 Å². The molecule has 33 heavy (non-hydrogen) atoms. The third-order valence-corrected chi connectivity index (χ3v) is 9.18. The first-order valence-corrected chi connectivity index (χ1v) is 13.9. The molecule has 2 saturated heterocycles. The molecule has 2 aliphatic heterocycles. The van der Waals surface area contributed by atoms with Gasteiger partial charge < -0.3 is 14.5 Å². The topological polar surface area (TPSA) is 79.3 Å². The molecule has 2 atom stereocenters. The van der Waals surface area contributed by atoms with Crippen LogP contribution in [0.15, 0.2) is 53.5 Å². The highest BCUT2D eigenvalue weighted by atomic mass is 35.5. The van der Waals surface area contributed by atoms with Crippen molar-refractivity contribution < 1.29 is 17.9 Å². The first-order valence-electron chi connectivity index (χ1n) is 10.8. The number of fused-ring (bicyclic) bond motifs is 1. The van der Waals surface area contributed by atoms with Gasteiger partial charge in [0.25, 0.3) is 5.91 Å². The molecule has 10 heteroatoms. The molecule has 4 rings (SSSR count). The number of sulfone groups is 1. The highest BCUT2D eigenvalue weighted by Gasteiger charge is 2.49. The summed E-state index contributed by atoms with van der Waals surface area (Å²) in [5.74, 6) is 0.237. The minimum absolute atomic E-state index is 0.0525. The molecule has 1 amide bonds. The zero-order valence-electron chi connectivity index (χ0n) is 18.5. The molecule has 2 heterocycles. The van der Waals surface area contributed by atoms with Gasteiger partial charge in [0, 0.05) is 34.7 Å². The van der Waals surface area contributed by atoms with Gasteiger partial charge in [-0.05, 0) is 62.4 Å². The Morgan fingerprint density at radius 1 is 1.12 bits per heavy atom. The second-order valence-corrected chi connectivity index (χ2v) is 11.7. The highest BCUT2D eigenvalue weighted by Crippen LogP contribution is 2.41. The molecule has 0 aliphatic carbocycles. The summed E-state index contributed by atoms with van der Waals surface area (Å²) in [5.41, 5.74) is 1.92. The van der Waals surface area contributed by atoms with Crippen LogP contribution in [0.2, 0.25) is 5.02 Å². The van der Waals surface area contributed by atoms with Gasteiger partial charge in [0.2, 0.25) is 0 Å². The summed E-state index contributed by atoms with van der Waals surface area (Å²) in [6, 6.07) is 14.5. The van der Waals surface area contributed by atoms with Crippen LogP contribution in [0.25, 0.3) is 0 Å². The third-order valence-electron chi connectivity index (χ3n) is 5.72. The number of benzene rings is 2. The number of amidine groups is 1. The van der Waals surface area contributed by atoms with Crippen LogP contribution in [0.4, 0.5) is 11.4 Å². The Kier molecular flexibility index (Phi) is 7.21. The van der Waals surface area contributed by atoms with Gasteiger partial charge in [0.1, 0.15) is 5.75 Å². The summed E-state index contributed by atoms with van der Waals surface area (Å²) < 4.78 is 30.1. The van der Waals surface area contributed by atoms with Crippen molar-refractivity contribution in [2.45, 2.75) is 25.1 Å². The number of carbonyl (C=O) groups excluding carboxylic acids is 1. The van der Waals surface area contributed by atoms with Crippen molar-refractivity contribution in [3.05, 3.63) is 53.6 Å². The molecular formula is C23H26ClN3O4S2. The van der Waals surface area contributed by atoms with Crippen molar-refractivity contribution in [3.63, 3.8) is 0 Å². The van der Waals surface area contributed by atoms with E-state index >= 15 is 0 Å². The Morgan fingerprint density at radius 2 is 1.79 bits per heavy atom. The monoisotopic (exact) mass is 507 g/mol. The van der Waals surface area contributed by atoms with E-state index in [0.717, 1.165) is 24.5 Å². The lowest BCUT2D eigenvalue weighted by Gasteiger charge is -2.26. The number of aliphatic imine (C=N–C) groups is 1. The molecule has 0 bridgehead atoms. The van der Waals surface area contributed by atoms with E-state index in [1.165, 1.54) is 11.8 Å². The molecule has 0 radical (unpaired) electrons. The molecule has 0 N–H and O–H groups in total. The number of carbonyl (C=O) groups is 1. The summed E-state index contributed by atoms with van der Waals surface area (Å²) in [7, 11) is -3.12. The first kappa shape index (κ1) is 23.9. The van der Waals surface area contributed by atoms with Crippen LogP contribution in [-0.2, 0) is 14.6 Å². The Hall–Kier alpha value is -2.23. The molecular weight excluding hydrogens is 482 g/mol. The minimum atomic E-state index is -3.12. The van der Waals surface area contributed by atoms with Crippen molar-refractivity contribution in [2.75, 3.05) is 41.0 Å². The van der Waals surface area contributed by atoms with Crippen molar-refractivity contribution in [2.24, 2.45) is 4.99 Å². The quantitative estimate of drug-likeness (QED) is 0.563. The Morgan fingerprint density at radius 3 is 2.42 bits per heavy atom. The van der Waals surface area contributed by atoms with Crippen LogP contribution in [0.3, 0.4) is 0 Å². The minimum Gasteiger partial charge on any atom is -0.484 e. The summed E-state index contributed by atoms with van der Waals surface area (Å²) >= 11 is 7.22. The lowest BCUT2D eigenvalue weighted by atomic mass is 10.2. The predicted molar refractivity (Wildman–Crippen MR) is 136 cm³/mol. The Labute approximate surface area is 203 Å². The summed E-state index contributed by atoms with van der Waals surface area (Å²) in [4.78, 5) is 21.0. The second kappa shape index (κ2) is 9.95. The van der Waals surface area contributed by atoms with E-state index in [4.69, 9.17) is 16.3 Å². The molecule has 0 saturated carbocycles. The number of hydrogen-bond donors (Lipinski definition) is 0. The third kappa shape index (κ3) is 5.47. The molecule has 7 nitrogen and oxygen atoms in total. The number of amides is 1. The number of nitrogens with zero attached hydrogens (tertiary/aromatic N) is 3. The molecule has 2 fully saturated rings. The van der Waals surface area contributed by atoms with Crippen molar-refractivity contribution in [3.8, 4) is 5.75 Å². The van der Waals surface area contributed by atoms with Crippen molar-refractivity contribution >= 4 is 55.6 Å². The molecule has 2 aromatic carbocycles. The number of hydrogen-bond acceptors (Lipinski definition) is 6. The fraction of sp³-hybridized carbons (Fsp3) is 0.391. The van der Waals surface area contributed by atoms with Gasteiger partial charge in [-0.1, -0.05) is 23.4 Å². The summed E-state index contributed by atoms with van der Waals surface area (Å²) in [6.07, 6.45) is 0. The SMILES string of the molecule is CCN(CC)c1ccc(N2C(=NC(=O)COc3ccc(Cl)cc3)S[C@H]3CS(=O)(=O)C[C@@H]32)cc1. The average molecular weight is 508 g/mol. The zero-order valence-corrected chi connectivity index (χ0v) is 20.9. The number of thioether (sulfide) groups is 1. The molecule has 176 valence electrons. The van der Waals surface area contributed by atoms with Gasteiger partial charge in [-0.2, -0.15) is 4.99 Å². The number of rotatable bonds is 7. The fourth-order valence-corrected chi connectivity index (χ4v) is 8.15. The van der Waals surface area contributed by atoms with Gasteiger partial charge in [-0.3, -0.25) is 4.79 Å². The van der Waals surface area contributed by atoms with E-state index in [9.17, 15) is 13.2 Å². The average Bonchev–Trinajstić information content (AvgIpc) is 3.25. The van der Waals surface area contributed by atoms with Crippen molar-refractivity contribution in [1.29, 1.82) is 0 Å². The van der Waals surface area contributed by atoms with Gasteiger partial charge in [-0.15, -0.1) is 0 Å². The number of halogens is 1. The number of anilines is 2. The normalized spacial score (nSPS) is 22.4. The van der Waals surface area contributed by atoms with Gasteiger partial charge in [0.15, 0.2) is 21.6 Å². The molecule has 2 aliphatic rings. The highest BCUT2D eigenvalue weighted by molar-refractivity contribution is 8.16. The van der Waals surface area contributed by atoms with Gasteiger partial charge in [-0.25, -0.2) is 8.42 Å². The van der Waals surface area contributed by atoms with Crippen LogP contribution in [0.1, 0.15) is 13.8 Å². The molecule has 0 unspecified atom stereocenters. The molecule has 0 spiro atoms. The first-order chi connectivity index (χ1) is 15.8. The lowest BCUT2D eigenvalue weighted by molar-refractivity contribution is -0.119. The predicted octanol–water partition coefficient (Wildman–Crippen LogP) is 3.87. The lowest BCUT2D eigenvalue weighted by Crippen LogP contribution is -2.38. The van der Waals surface area contributed by atoms with Crippen LogP contribution < -0.4 is 14.5 Å². The van der Waals surface area contributed by atoms with E-state index in [2.05, 4.69) is 23.7 Å². The van der Waals surface area contributed by atoms with E-state index < -0.39 is 15.7 Å². The van der Waals surface area contributed by atoms with Gasteiger partial charge >= 0.3 is 0 Å². The Bertz CT molecular complexity index is 1130. The zero-order chi connectivity index (χ0) is 23.6. The fourth-order valence-electron chi connectivity index (χ4n) is 4.09. The summed E-state index contributed by atoms with van der Waals surface area (Å²) in [5, 5.41) is 0.946. The maximum absolute atomic E-state index is 12.6. The second-order valence-electron chi connectivity index (χ2n) is 7.89. The molecule has 0 aromatic heterocycles. The van der Waals surface area contributed by atoms with E-state index in [1.807, 2.05) is 29.2 Å². The van der Waals surface area contributed by atoms with Crippen LogP contribution in [-0.4, -0.2) is 62.0 Å². The van der Waals surface area contributed by atoms with Crippen LogP contribution >= 0.6 is 23.4 Å². The maximum Gasteiger partial charge on any atom is 0.285 e. The van der Waals surface area contributed by atoms with Crippen LogP contribution in [0, 0.1) is 0 Å². The van der Waals surface area contributed by atoms with Gasteiger partial charge in [0.05, 0.1) is 17.5 Å². The maximum atomic E-state index is 12.6. The molecule has 2 aromatic rings. The van der Waals surface area contributed by atoms with Crippen LogP contribution in [0.5, 0.6) is 5.75 Å². The van der Waals surface area contributed by atoms with E-state index in [1.54, 1.807) is 24.3 Å². The van der Waals surface area contributed by atoms with E-state index in [-0.39, 0.29) is 29.4 Å². The number of ether oxygens (including phenoxy) is 1. The van der Waals surface area contributed by atoms with Crippen molar-refractivity contribution in [1.82, 2.24) is 0 Å². The Balaban J connectivity index is 1.55.